The van der Waals surface area contributed by atoms with Gasteiger partial charge in [-0.05, 0) is 36.4 Å². The van der Waals surface area contributed by atoms with Crippen molar-refractivity contribution in [1.29, 1.82) is 0 Å². The van der Waals surface area contributed by atoms with Crippen LogP contribution in [0.25, 0.3) is 11.3 Å². The van der Waals surface area contributed by atoms with E-state index in [0.717, 1.165) is 29.2 Å². The van der Waals surface area contributed by atoms with E-state index < -0.39 is 0 Å². The highest BCUT2D eigenvalue weighted by molar-refractivity contribution is 6.30. The van der Waals surface area contributed by atoms with Gasteiger partial charge >= 0.3 is 0 Å². The SMILES string of the molecule is NCCNc1cccc(-c2ccnc(Nc3cccc(Cl)c3)n2)c1. The topological polar surface area (TPSA) is 75.9 Å². The van der Waals surface area contributed by atoms with Gasteiger partial charge in [0.05, 0.1) is 5.69 Å². The zero-order valence-corrected chi connectivity index (χ0v) is 13.8. The number of halogens is 1. The van der Waals surface area contributed by atoms with Gasteiger partial charge in [-0.2, -0.15) is 0 Å². The largest absolute Gasteiger partial charge is 0.384 e. The number of anilines is 3. The van der Waals surface area contributed by atoms with Gasteiger partial charge in [-0.1, -0.05) is 29.8 Å². The van der Waals surface area contributed by atoms with Crippen LogP contribution in [0.1, 0.15) is 0 Å². The molecule has 0 unspecified atom stereocenters. The lowest BCUT2D eigenvalue weighted by molar-refractivity contribution is 1.02. The Morgan fingerprint density at radius 3 is 2.67 bits per heavy atom. The molecule has 0 amide bonds. The van der Waals surface area contributed by atoms with E-state index in [1.54, 1.807) is 6.20 Å². The van der Waals surface area contributed by atoms with Gasteiger partial charge in [0.25, 0.3) is 0 Å². The molecule has 122 valence electrons. The first-order chi connectivity index (χ1) is 11.7. The maximum Gasteiger partial charge on any atom is 0.227 e. The van der Waals surface area contributed by atoms with Gasteiger partial charge in [0.15, 0.2) is 0 Å². The summed E-state index contributed by atoms with van der Waals surface area (Å²) in [6.07, 6.45) is 1.73. The lowest BCUT2D eigenvalue weighted by atomic mass is 10.1. The third kappa shape index (κ3) is 4.22. The fourth-order valence-corrected chi connectivity index (χ4v) is 2.47. The standard InChI is InChI=1S/C18H18ClN5/c19-14-4-2-6-16(12-14)23-18-22-9-7-17(24-18)13-3-1-5-15(11-13)21-10-8-20/h1-7,9,11-12,21H,8,10,20H2,(H,22,23,24). The smallest absolute Gasteiger partial charge is 0.227 e. The summed E-state index contributed by atoms with van der Waals surface area (Å²) in [6, 6.07) is 17.4. The van der Waals surface area contributed by atoms with E-state index in [2.05, 4.69) is 20.6 Å². The van der Waals surface area contributed by atoms with Gasteiger partial charge in [-0.3, -0.25) is 0 Å². The molecule has 0 spiro atoms. The summed E-state index contributed by atoms with van der Waals surface area (Å²) in [4.78, 5) is 8.84. The first kappa shape index (κ1) is 16.2. The third-order valence-electron chi connectivity index (χ3n) is 3.37. The van der Waals surface area contributed by atoms with Gasteiger partial charge in [-0.15, -0.1) is 0 Å². The minimum absolute atomic E-state index is 0.523. The van der Waals surface area contributed by atoms with E-state index in [0.29, 0.717) is 17.5 Å². The molecule has 0 saturated heterocycles. The number of benzene rings is 2. The molecule has 4 N–H and O–H groups in total. The lowest BCUT2D eigenvalue weighted by Gasteiger charge is -2.09. The predicted octanol–water partition coefficient (Wildman–Crippen LogP) is 3.91. The summed E-state index contributed by atoms with van der Waals surface area (Å²) in [5.41, 5.74) is 9.24. The van der Waals surface area contributed by atoms with Crippen LogP contribution in [0.3, 0.4) is 0 Å². The fraction of sp³-hybridized carbons (Fsp3) is 0.111. The number of nitrogens with two attached hydrogens (primary N) is 1. The molecule has 3 aromatic rings. The molecule has 5 nitrogen and oxygen atoms in total. The Morgan fingerprint density at radius 2 is 1.83 bits per heavy atom. The molecule has 0 atom stereocenters. The molecule has 2 aromatic carbocycles. The normalized spacial score (nSPS) is 10.4. The maximum absolute atomic E-state index is 6.00. The van der Waals surface area contributed by atoms with Crippen LogP contribution in [0.5, 0.6) is 0 Å². The van der Waals surface area contributed by atoms with E-state index in [4.69, 9.17) is 17.3 Å². The first-order valence-electron chi connectivity index (χ1n) is 7.64. The van der Waals surface area contributed by atoms with Crippen LogP contribution in [0.2, 0.25) is 5.02 Å². The van der Waals surface area contributed by atoms with E-state index in [1.165, 1.54) is 0 Å². The van der Waals surface area contributed by atoms with Crippen molar-refractivity contribution in [3.8, 4) is 11.3 Å². The molecule has 0 fully saturated rings. The number of hydrogen-bond donors (Lipinski definition) is 3. The molecule has 6 heteroatoms. The minimum Gasteiger partial charge on any atom is -0.384 e. The van der Waals surface area contributed by atoms with E-state index in [9.17, 15) is 0 Å². The molecule has 0 aliphatic heterocycles. The maximum atomic E-state index is 6.00. The lowest BCUT2D eigenvalue weighted by Crippen LogP contribution is -2.12. The van der Waals surface area contributed by atoms with E-state index in [-0.39, 0.29) is 0 Å². The average Bonchev–Trinajstić information content (AvgIpc) is 2.60. The fourth-order valence-electron chi connectivity index (χ4n) is 2.28. The average molecular weight is 340 g/mol. The van der Waals surface area contributed by atoms with Crippen molar-refractivity contribution in [2.45, 2.75) is 0 Å². The van der Waals surface area contributed by atoms with Crippen LogP contribution < -0.4 is 16.4 Å². The second-order valence-corrected chi connectivity index (χ2v) is 5.63. The number of hydrogen-bond acceptors (Lipinski definition) is 5. The predicted molar refractivity (Wildman–Crippen MR) is 99.7 cm³/mol. The quantitative estimate of drug-likeness (QED) is 0.634. The van der Waals surface area contributed by atoms with Gasteiger partial charge in [0, 0.05) is 41.2 Å². The zero-order chi connectivity index (χ0) is 16.8. The Labute approximate surface area is 145 Å². The second-order valence-electron chi connectivity index (χ2n) is 5.20. The Hall–Kier alpha value is -2.63. The molecule has 0 aliphatic rings. The molecule has 1 aromatic heterocycles. The molecular formula is C18H18ClN5. The van der Waals surface area contributed by atoms with Crippen molar-refractivity contribution in [1.82, 2.24) is 9.97 Å². The summed E-state index contributed by atoms with van der Waals surface area (Å²) in [5, 5.41) is 7.09. The van der Waals surface area contributed by atoms with Crippen molar-refractivity contribution in [2.24, 2.45) is 5.73 Å². The van der Waals surface area contributed by atoms with E-state index in [1.807, 2.05) is 54.6 Å². The monoisotopic (exact) mass is 339 g/mol. The highest BCUT2D eigenvalue weighted by Crippen LogP contribution is 2.23. The Morgan fingerprint density at radius 1 is 1.00 bits per heavy atom. The zero-order valence-electron chi connectivity index (χ0n) is 13.0. The van der Waals surface area contributed by atoms with Gasteiger partial charge < -0.3 is 16.4 Å². The second kappa shape index (κ2) is 7.77. The van der Waals surface area contributed by atoms with E-state index >= 15 is 0 Å². The van der Waals surface area contributed by atoms with Gasteiger partial charge in [0.2, 0.25) is 5.95 Å². The Kier molecular flexibility index (Phi) is 5.25. The summed E-state index contributed by atoms with van der Waals surface area (Å²) in [7, 11) is 0. The molecule has 24 heavy (non-hydrogen) atoms. The molecule has 0 aliphatic carbocycles. The molecule has 1 heterocycles. The van der Waals surface area contributed by atoms with Gasteiger partial charge in [0.1, 0.15) is 0 Å². The molecule has 0 bridgehead atoms. The summed E-state index contributed by atoms with van der Waals surface area (Å²) in [6.45, 7) is 1.32. The molecular weight excluding hydrogens is 322 g/mol. The van der Waals surface area contributed by atoms with Crippen molar-refractivity contribution in [2.75, 3.05) is 23.7 Å². The molecule has 3 rings (SSSR count). The van der Waals surface area contributed by atoms with Crippen LogP contribution in [0.4, 0.5) is 17.3 Å². The highest BCUT2D eigenvalue weighted by Gasteiger charge is 2.04. The van der Waals surface area contributed by atoms with Crippen molar-refractivity contribution < 1.29 is 0 Å². The summed E-state index contributed by atoms with van der Waals surface area (Å²) in [5.74, 6) is 0.523. The summed E-state index contributed by atoms with van der Waals surface area (Å²) < 4.78 is 0. The Bertz CT molecular complexity index is 822. The van der Waals surface area contributed by atoms with Crippen LogP contribution in [0, 0.1) is 0 Å². The van der Waals surface area contributed by atoms with Crippen LogP contribution >= 0.6 is 11.6 Å². The van der Waals surface area contributed by atoms with Crippen molar-refractivity contribution in [3.63, 3.8) is 0 Å². The number of aromatic nitrogens is 2. The summed E-state index contributed by atoms with van der Waals surface area (Å²) >= 11 is 6.00. The molecule has 0 radical (unpaired) electrons. The van der Waals surface area contributed by atoms with Crippen molar-refractivity contribution >= 4 is 28.9 Å². The molecule has 0 saturated carbocycles. The third-order valence-corrected chi connectivity index (χ3v) is 3.60. The first-order valence-corrected chi connectivity index (χ1v) is 8.02. The van der Waals surface area contributed by atoms with Crippen LogP contribution in [0.15, 0.2) is 60.8 Å². The highest BCUT2D eigenvalue weighted by atomic mass is 35.5. The minimum atomic E-state index is 0.523. The van der Waals surface area contributed by atoms with Crippen LogP contribution in [-0.2, 0) is 0 Å². The van der Waals surface area contributed by atoms with Crippen molar-refractivity contribution in [3.05, 3.63) is 65.8 Å². The number of rotatable bonds is 6. The Balaban J connectivity index is 1.82. The number of nitrogens with one attached hydrogen (secondary N) is 2. The van der Waals surface area contributed by atoms with Gasteiger partial charge in [-0.25, -0.2) is 9.97 Å². The number of nitrogens with zero attached hydrogens (tertiary/aromatic N) is 2. The van der Waals surface area contributed by atoms with Crippen LogP contribution in [-0.4, -0.2) is 23.1 Å².